The van der Waals surface area contributed by atoms with E-state index < -0.39 is 112 Å². The molecule has 3 saturated heterocycles. The third-order valence-electron chi connectivity index (χ3n) is 6.09. The minimum Gasteiger partial charge on any atom is -0.394 e. The second kappa shape index (κ2) is 11.6. The molecule has 0 saturated carbocycles. The Kier molecular flexibility index (Phi) is 9.54. The van der Waals surface area contributed by atoms with Gasteiger partial charge in [-0.3, -0.25) is 0 Å². The van der Waals surface area contributed by atoms with E-state index in [1.165, 1.54) is 0 Å². The van der Waals surface area contributed by atoms with Crippen LogP contribution in [0.2, 0.25) is 0 Å². The van der Waals surface area contributed by atoms with Crippen LogP contribution in [-0.2, 0) is 23.7 Å². The number of aliphatic hydroxyl groups is 11. The Balaban J connectivity index is 1.78. The van der Waals surface area contributed by atoms with Gasteiger partial charge in [0.25, 0.3) is 0 Å². The number of aliphatic hydroxyl groups excluding tert-OH is 11. The van der Waals surface area contributed by atoms with Crippen molar-refractivity contribution in [3.8, 4) is 0 Å². The summed E-state index contributed by atoms with van der Waals surface area (Å²) in [4.78, 5) is 0. The van der Waals surface area contributed by atoms with Crippen molar-refractivity contribution in [1.82, 2.24) is 0 Å². The van der Waals surface area contributed by atoms with Gasteiger partial charge in [-0.15, -0.1) is 0 Å². The van der Waals surface area contributed by atoms with Gasteiger partial charge in [-0.1, -0.05) is 0 Å². The molecule has 3 fully saturated rings. The average Bonchev–Trinajstić information content (AvgIpc) is 2.82. The predicted octanol–water partition coefficient (Wildman–Crippen LogP) is -7.57. The highest BCUT2D eigenvalue weighted by atomic mass is 16.7. The zero-order valence-corrected chi connectivity index (χ0v) is 17.7. The zero-order valence-electron chi connectivity index (χ0n) is 17.7. The summed E-state index contributed by atoms with van der Waals surface area (Å²) in [5, 5.41) is 110. The van der Waals surface area contributed by atoms with Crippen LogP contribution >= 0.6 is 0 Å². The molecule has 3 aliphatic heterocycles. The molecule has 0 radical (unpaired) electrons. The fourth-order valence-electron chi connectivity index (χ4n) is 4.04. The molecule has 3 aliphatic rings. The van der Waals surface area contributed by atoms with Crippen LogP contribution in [0.25, 0.3) is 0 Å². The summed E-state index contributed by atoms with van der Waals surface area (Å²) >= 11 is 0. The summed E-state index contributed by atoms with van der Waals surface area (Å²) < 4.78 is 26.2. The summed E-state index contributed by atoms with van der Waals surface area (Å²) in [6.07, 6.45) is -25.5. The van der Waals surface area contributed by atoms with Gasteiger partial charge < -0.3 is 79.9 Å². The lowest BCUT2D eigenvalue weighted by molar-refractivity contribution is -0.379. The Hall–Kier alpha value is -0.640. The van der Waals surface area contributed by atoms with Crippen LogP contribution in [0, 0.1) is 0 Å². The number of hydrogen-bond donors (Lipinski definition) is 11. The fraction of sp³-hybridized carbons (Fsp3) is 1.00. The molecule has 16 nitrogen and oxygen atoms in total. The summed E-state index contributed by atoms with van der Waals surface area (Å²) in [5.74, 6) is 0. The van der Waals surface area contributed by atoms with Crippen molar-refractivity contribution in [2.75, 3.05) is 19.8 Å². The van der Waals surface area contributed by atoms with E-state index in [-0.39, 0.29) is 0 Å². The van der Waals surface area contributed by atoms with E-state index in [1.807, 2.05) is 0 Å². The van der Waals surface area contributed by atoms with Gasteiger partial charge in [-0.25, -0.2) is 0 Å². The molecule has 1 unspecified atom stereocenters. The first-order chi connectivity index (χ1) is 16.0. The van der Waals surface area contributed by atoms with Crippen LogP contribution in [0.15, 0.2) is 0 Å². The third-order valence-corrected chi connectivity index (χ3v) is 6.09. The van der Waals surface area contributed by atoms with E-state index >= 15 is 0 Å². The smallest absolute Gasteiger partial charge is 0.187 e. The van der Waals surface area contributed by atoms with Gasteiger partial charge in [0.05, 0.1) is 19.8 Å². The lowest BCUT2D eigenvalue weighted by Gasteiger charge is -2.47. The van der Waals surface area contributed by atoms with Crippen molar-refractivity contribution in [2.24, 2.45) is 0 Å². The standard InChI is InChI=1S/C18H32O16/c19-1-4-7(22)10(25)11(26)17(31-4)34-15-9(24)6(3-21)32-18(13(15)28)33-14-8(23)5(2-20)30-16(29)12(14)27/h4-29H,1-3H2/t4-,5-,6-,7-,8-,9-,10+,11+,12+,13+,14+,15+,16?,17-,18-/m1/s1. The van der Waals surface area contributed by atoms with Gasteiger partial charge in [0.1, 0.15) is 73.2 Å². The number of hydrogen-bond acceptors (Lipinski definition) is 16. The molecule has 0 spiro atoms. The van der Waals surface area contributed by atoms with Crippen LogP contribution in [0.3, 0.4) is 0 Å². The van der Waals surface area contributed by atoms with Crippen molar-refractivity contribution < 1.29 is 79.9 Å². The molecular weight excluding hydrogens is 472 g/mol. The molecule has 0 aromatic rings. The summed E-state index contributed by atoms with van der Waals surface area (Å²) in [6.45, 7) is -2.33. The number of ether oxygens (including phenoxy) is 5. The van der Waals surface area contributed by atoms with Crippen molar-refractivity contribution in [3.05, 3.63) is 0 Å². The van der Waals surface area contributed by atoms with Crippen LogP contribution in [0.4, 0.5) is 0 Å². The Bertz CT molecular complexity index is 639. The van der Waals surface area contributed by atoms with Crippen LogP contribution in [-0.4, -0.2) is 168 Å². The SMILES string of the molecule is OC[C@H]1O[C@H](O[C@@H]2[C@H](O)[C@@H](O[C@H]3[C@H](O)[C@@H](CO)OC(O)[C@H]3O)O[C@H](CO)[C@H]2O)[C@@H](O)[C@@H](O)[C@@H]1O. The highest BCUT2D eigenvalue weighted by molar-refractivity contribution is 4.96. The first kappa shape index (κ1) is 27.9. The Labute approximate surface area is 192 Å². The third kappa shape index (κ3) is 5.37. The minimum absolute atomic E-state index is 0.750. The normalized spacial score (nSPS) is 52.5. The number of rotatable bonds is 7. The fourth-order valence-corrected chi connectivity index (χ4v) is 4.04. The predicted molar refractivity (Wildman–Crippen MR) is 101 cm³/mol. The maximum Gasteiger partial charge on any atom is 0.187 e. The maximum absolute atomic E-state index is 10.7. The second-order valence-corrected chi connectivity index (χ2v) is 8.33. The molecule has 11 N–H and O–H groups in total. The first-order valence-corrected chi connectivity index (χ1v) is 10.6. The molecule has 0 amide bonds. The molecular formula is C18H32O16. The molecule has 34 heavy (non-hydrogen) atoms. The molecule has 3 rings (SSSR count). The lowest BCUT2D eigenvalue weighted by atomic mass is 9.96. The highest BCUT2D eigenvalue weighted by Gasteiger charge is 2.53. The largest absolute Gasteiger partial charge is 0.394 e. The first-order valence-electron chi connectivity index (χ1n) is 10.6. The van der Waals surface area contributed by atoms with Crippen LogP contribution in [0.1, 0.15) is 0 Å². The van der Waals surface area contributed by atoms with Gasteiger partial charge in [-0.05, 0) is 0 Å². The van der Waals surface area contributed by atoms with E-state index in [1.54, 1.807) is 0 Å². The molecule has 0 bridgehead atoms. The van der Waals surface area contributed by atoms with E-state index in [0.717, 1.165) is 0 Å². The Morgan fingerprint density at radius 3 is 1.35 bits per heavy atom. The van der Waals surface area contributed by atoms with Crippen molar-refractivity contribution in [3.63, 3.8) is 0 Å². The zero-order chi connectivity index (χ0) is 25.3. The molecule has 3 heterocycles. The lowest BCUT2D eigenvalue weighted by Crippen LogP contribution is -2.66. The quantitative estimate of drug-likeness (QED) is 0.154. The van der Waals surface area contributed by atoms with E-state index in [9.17, 15) is 56.2 Å². The molecule has 0 aromatic carbocycles. The molecule has 16 heteroatoms. The van der Waals surface area contributed by atoms with Crippen LogP contribution in [0.5, 0.6) is 0 Å². The Morgan fingerprint density at radius 2 is 0.853 bits per heavy atom. The molecule has 0 aliphatic carbocycles. The topological polar surface area (TPSA) is 269 Å². The average molecular weight is 504 g/mol. The van der Waals surface area contributed by atoms with Crippen molar-refractivity contribution in [1.29, 1.82) is 0 Å². The Morgan fingerprint density at radius 1 is 0.441 bits per heavy atom. The van der Waals surface area contributed by atoms with E-state index in [2.05, 4.69) is 0 Å². The van der Waals surface area contributed by atoms with E-state index in [0.29, 0.717) is 0 Å². The summed E-state index contributed by atoms with van der Waals surface area (Å²) in [6, 6.07) is 0. The van der Waals surface area contributed by atoms with Gasteiger partial charge in [0.15, 0.2) is 18.9 Å². The molecule has 0 aromatic heterocycles. The van der Waals surface area contributed by atoms with Crippen molar-refractivity contribution >= 4 is 0 Å². The van der Waals surface area contributed by atoms with Crippen LogP contribution < -0.4 is 0 Å². The highest BCUT2D eigenvalue weighted by Crippen LogP contribution is 2.32. The molecule has 15 atom stereocenters. The molecule has 200 valence electrons. The summed E-state index contributed by atoms with van der Waals surface area (Å²) in [5.41, 5.74) is 0. The van der Waals surface area contributed by atoms with Gasteiger partial charge >= 0.3 is 0 Å². The van der Waals surface area contributed by atoms with Gasteiger partial charge in [-0.2, -0.15) is 0 Å². The van der Waals surface area contributed by atoms with Gasteiger partial charge in [0.2, 0.25) is 0 Å². The van der Waals surface area contributed by atoms with Gasteiger partial charge in [0, 0.05) is 0 Å². The van der Waals surface area contributed by atoms with E-state index in [4.69, 9.17) is 23.7 Å². The second-order valence-electron chi connectivity index (χ2n) is 8.33. The minimum atomic E-state index is -1.92. The maximum atomic E-state index is 10.7. The summed E-state index contributed by atoms with van der Waals surface area (Å²) in [7, 11) is 0. The van der Waals surface area contributed by atoms with Crippen molar-refractivity contribution in [2.45, 2.75) is 92.1 Å². The monoisotopic (exact) mass is 504 g/mol.